The van der Waals surface area contributed by atoms with Gasteiger partial charge in [-0.2, -0.15) is 0 Å². The summed E-state index contributed by atoms with van der Waals surface area (Å²) in [5.41, 5.74) is 5.22. The number of nitrogens with zero attached hydrogens (tertiary/aromatic N) is 1. The lowest BCUT2D eigenvalue weighted by Crippen LogP contribution is -2.56. The Morgan fingerprint density at radius 3 is 2.50 bits per heavy atom. The summed E-state index contributed by atoms with van der Waals surface area (Å²) in [6, 6.07) is 0.695. The maximum Gasteiger partial charge on any atom is 0.233 e. The minimum Gasteiger partial charge on any atom is -0.392 e. The number of carbonyl (C=O) groups is 1. The second kappa shape index (κ2) is 6.39. The molecule has 2 saturated carbocycles. The Labute approximate surface area is 127 Å². The maximum absolute atomic E-state index is 12.3. The van der Waals surface area contributed by atoms with Crippen molar-refractivity contribution in [2.45, 2.75) is 51.5 Å². The van der Waals surface area contributed by atoms with Gasteiger partial charge < -0.3 is 16.0 Å². The molecule has 0 atom stereocenters. The van der Waals surface area contributed by atoms with E-state index in [1.165, 1.54) is 25.7 Å². The molecule has 0 aromatic carbocycles. The summed E-state index contributed by atoms with van der Waals surface area (Å²) in [4.78, 5) is 15.1. The highest BCUT2D eigenvalue weighted by Gasteiger charge is 2.50. The third-order valence-electron chi connectivity index (χ3n) is 5.00. The lowest BCUT2D eigenvalue weighted by molar-refractivity contribution is -0.132. The summed E-state index contributed by atoms with van der Waals surface area (Å²) in [5, 5.41) is 3.03. The first kappa shape index (κ1) is 15.7. The van der Waals surface area contributed by atoms with Crippen molar-refractivity contribution in [2.24, 2.45) is 17.1 Å². The summed E-state index contributed by atoms with van der Waals surface area (Å²) in [7, 11) is 2.15. The van der Waals surface area contributed by atoms with Crippen molar-refractivity contribution in [1.82, 2.24) is 10.2 Å². The smallest absolute Gasteiger partial charge is 0.233 e. The summed E-state index contributed by atoms with van der Waals surface area (Å²) in [6.07, 6.45) is 6.85. The molecule has 114 valence electrons. The van der Waals surface area contributed by atoms with Gasteiger partial charge >= 0.3 is 0 Å². The van der Waals surface area contributed by atoms with E-state index in [1.54, 1.807) is 0 Å². The van der Waals surface area contributed by atoms with E-state index in [1.807, 2.05) is 0 Å². The van der Waals surface area contributed by atoms with Crippen LogP contribution in [0.15, 0.2) is 0 Å². The highest BCUT2D eigenvalue weighted by atomic mass is 32.1. The Morgan fingerprint density at radius 2 is 2.00 bits per heavy atom. The molecule has 0 unspecified atom stereocenters. The minimum absolute atomic E-state index is 0.0305. The van der Waals surface area contributed by atoms with Crippen molar-refractivity contribution in [3.63, 3.8) is 0 Å². The summed E-state index contributed by atoms with van der Waals surface area (Å²) in [5.74, 6) is 0.575. The fraction of sp³-hybridized carbons (Fsp3) is 0.867. The third kappa shape index (κ3) is 3.14. The van der Waals surface area contributed by atoms with Crippen molar-refractivity contribution < 1.29 is 4.79 Å². The molecule has 0 aliphatic heterocycles. The Hall–Kier alpha value is -0.680. The standard InChI is InChI=1S/C15H27N3OS/c1-11-9-15(10-11,13(16)20)14(19)17-7-8-18(2)12-5-3-4-6-12/h11-12H,3-10H2,1-2H3,(H2,16,20)(H,17,19). The number of hydrogen-bond donors (Lipinski definition) is 2. The van der Waals surface area contributed by atoms with Gasteiger partial charge in [0, 0.05) is 19.1 Å². The van der Waals surface area contributed by atoms with E-state index in [9.17, 15) is 4.79 Å². The van der Waals surface area contributed by atoms with E-state index in [4.69, 9.17) is 18.0 Å². The highest BCUT2D eigenvalue weighted by molar-refractivity contribution is 7.80. The van der Waals surface area contributed by atoms with Crippen molar-refractivity contribution in [1.29, 1.82) is 0 Å². The van der Waals surface area contributed by atoms with Crippen molar-refractivity contribution >= 4 is 23.1 Å². The summed E-state index contributed by atoms with van der Waals surface area (Å²) >= 11 is 5.11. The molecule has 0 bridgehead atoms. The molecule has 2 fully saturated rings. The van der Waals surface area contributed by atoms with Crippen LogP contribution in [-0.2, 0) is 4.79 Å². The van der Waals surface area contributed by atoms with Gasteiger partial charge in [-0.15, -0.1) is 0 Å². The van der Waals surface area contributed by atoms with E-state index in [0.717, 1.165) is 19.4 Å². The minimum atomic E-state index is -0.569. The molecular weight excluding hydrogens is 270 g/mol. The molecule has 0 aromatic rings. The van der Waals surface area contributed by atoms with Crippen LogP contribution in [-0.4, -0.2) is 42.0 Å². The van der Waals surface area contributed by atoms with E-state index < -0.39 is 5.41 Å². The number of rotatable bonds is 6. The number of nitrogens with one attached hydrogen (secondary N) is 1. The molecule has 0 heterocycles. The molecule has 1 amide bonds. The fourth-order valence-electron chi connectivity index (χ4n) is 3.67. The quantitative estimate of drug-likeness (QED) is 0.732. The molecule has 2 aliphatic rings. The predicted octanol–water partition coefficient (Wildman–Crippen LogP) is 1.68. The monoisotopic (exact) mass is 297 g/mol. The first-order chi connectivity index (χ1) is 9.45. The second-order valence-electron chi connectivity index (χ2n) is 6.63. The van der Waals surface area contributed by atoms with Crippen molar-refractivity contribution in [3.8, 4) is 0 Å². The zero-order valence-electron chi connectivity index (χ0n) is 12.7. The molecule has 0 aromatic heterocycles. The third-order valence-corrected chi connectivity index (χ3v) is 5.39. The number of amides is 1. The average Bonchev–Trinajstić information content (AvgIpc) is 2.87. The maximum atomic E-state index is 12.3. The van der Waals surface area contributed by atoms with Gasteiger partial charge in [-0.3, -0.25) is 4.79 Å². The number of hydrogen-bond acceptors (Lipinski definition) is 3. The summed E-state index contributed by atoms with van der Waals surface area (Å²) in [6.45, 7) is 3.72. The van der Waals surface area contributed by atoms with E-state index in [2.05, 4.69) is 24.2 Å². The predicted molar refractivity (Wildman–Crippen MR) is 85.5 cm³/mol. The molecule has 4 nitrogen and oxygen atoms in total. The largest absolute Gasteiger partial charge is 0.392 e. The van der Waals surface area contributed by atoms with Crippen LogP contribution in [0.5, 0.6) is 0 Å². The summed E-state index contributed by atoms with van der Waals surface area (Å²) < 4.78 is 0. The van der Waals surface area contributed by atoms with Gasteiger partial charge in [0.15, 0.2) is 0 Å². The molecule has 0 radical (unpaired) electrons. The Bertz CT molecular complexity index is 373. The van der Waals surface area contributed by atoms with Crippen LogP contribution in [0.3, 0.4) is 0 Å². The van der Waals surface area contributed by atoms with Crippen LogP contribution in [0.4, 0.5) is 0 Å². The molecular formula is C15H27N3OS. The fourth-order valence-corrected chi connectivity index (χ4v) is 3.93. The molecule has 3 N–H and O–H groups in total. The lowest BCUT2D eigenvalue weighted by Gasteiger charge is -2.44. The van der Waals surface area contributed by atoms with Gasteiger partial charge in [0.2, 0.25) is 5.91 Å². The van der Waals surface area contributed by atoms with E-state index >= 15 is 0 Å². The van der Waals surface area contributed by atoms with Crippen LogP contribution in [0.1, 0.15) is 45.4 Å². The van der Waals surface area contributed by atoms with Crippen LogP contribution >= 0.6 is 12.2 Å². The molecule has 5 heteroatoms. The average molecular weight is 297 g/mol. The van der Waals surface area contributed by atoms with E-state index in [-0.39, 0.29) is 5.91 Å². The normalized spacial score (nSPS) is 30.2. The van der Waals surface area contributed by atoms with Gasteiger partial charge in [0.1, 0.15) is 0 Å². The molecule has 0 saturated heterocycles. The van der Waals surface area contributed by atoms with Crippen molar-refractivity contribution in [3.05, 3.63) is 0 Å². The molecule has 2 rings (SSSR count). The van der Waals surface area contributed by atoms with E-state index in [0.29, 0.717) is 23.5 Å². The first-order valence-electron chi connectivity index (χ1n) is 7.74. The molecule has 0 spiro atoms. The lowest BCUT2D eigenvalue weighted by atomic mass is 9.62. The first-order valence-corrected chi connectivity index (χ1v) is 8.15. The van der Waals surface area contributed by atoms with Gasteiger partial charge in [0.05, 0.1) is 10.4 Å². The Balaban J connectivity index is 1.75. The topological polar surface area (TPSA) is 58.4 Å². The number of likely N-dealkylation sites (N-methyl/N-ethyl adjacent to an activating group) is 1. The number of nitrogens with two attached hydrogens (primary N) is 1. The molecule has 20 heavy (non-hydrogen) atoms. The number of carbonyl (C=O) groups excluding carboxylic acids is 1. The Kier molecular flexibility index (Phi) is 5.02. The van der Waals surface area contributed by atoms with Crippen LogP contribution in [0.25, 0.3) is 0 Å². The van der Waals surface area contributed by atoms with Gasteiger partial charge in [-0.1, -0.05) is 32.0 Å². The van der Waals surface area contributed by atoms with Crippen molar-refractivity contribution in [2.75, 3.05) is 20.1 Å². The second-order valence-corrected chi connectivity index (χ2v) is 7.07. The van der Waals surface area contributed by atoms with Gasteiger partial charge in [-0.25, -0.2) is 0 Å². The Morgan fingerprint density at radius 1 is 1.40 bits per heavy atom. The van der Waals surface area contributed by atoms with Gasteiger partial charge in [0.25, 0.3) is 0 Å². The van der Waals surface area contributed by atoms with Crippen LogP contribution in [0, 0.1) is 11.3 Å². The van der Waals surface area contributed by atoms with Crippen LogP contribution < -0.4 is 11.1 Å². The van der Waals surface area contributed by atoms with Crippen LogP contribution in [0.2, 0.25) is 0 Å². The zero-order chi connectivity index (χ0) is 14.8. The highest BCUT2D eigenvalue weighted by Crippen LogP contribution is 2.45. The zero-order valence-corrected chi connectivity index (χ0v) is 13.5. The molecule has 2 aliphatic carbocycles. The number of thiocarbonyl (C=S) groups is 1. The van der Waals surface area contributed by atoms with Gasteiger partial charge in [-0.05, 0) is 38.6 Å². The SMILES string of the molecule is CC1CC(C(=O)NCCN(C)C2CCCC2)(C(N)=S)C1.